The van der Waals surface area contributed by atoms with Crippen LogP contribution in [0.4, 0.5) is 0 Å². The molecule has 0 saturated carbocycles. The van der Waals surface area contributed by atoms with Crippen molar-refractivity contribution in [1.82, 2.24) is 20.1 Å². The van der Waals surface area contributed by atoms with Crippen LogP contribution in [0.3, 0.4) is 0 Å². The van der Waals surface area contributed by atoms with Gasteiger partial charge in [0, 0.05) is 18.0 Å². The Labute approximate surface area is 94.3 Å². The number of nitrogens with zero attached hydrogens (tertiary/aromatic N) is 3. The third-order valence-electron chi connectivity index (χ3n) is 2.45. The highest BCUT2D eigenvalue weighted by molar-refractivity contribution is 7.94. The maximum Gasteiger partial charge on any atom is 0.173 e. The minimum Gasteiger partial charge on any atom is -0.302 e. The standard InChI is InChI=1S/C9H14N4O2S/c1-2-13-9(11-7-12-13)5-10-8-3-4-16(14,15)6-8/h3-4,7-8,10H,2,5-6H2,1H3. The fourth-order valence-electron chi connectivity index (χ4n) is 1.61. The fraction of sp³-hybridized carbons (Fsp3) is 0.556. The van der Waals surface area contributed by atoms with Crippen molar-refractivity contribution < 1.29 is 8.42 Å². The lowest BCUT2D eigenvalue weighted by molar-refractivity contribution is 0.550. The Morgan fingerprint density at radius 2 is 2.44 bits per heavy atom. The van der Waals surface area contributed by atoms with Crippen molar-refractivity contribution in [1.29, 1.82) is 0 Å². The van der Waals surface area contributed by atoms with Gasteiger partial charge in [-0.25, -0.2) is 18.1 Å². The summed E-state index contributed by atoms with van der Waals surface area (Å²) in [6.45, 7) is 3.27. The van der Waals surface area contributed by atoms with E-state index in [-0.39, 0.29) is 11.8 Å². The Hall–Kier alpha value is -1.21. The molecule has 6 nitrogen and oxygen atoms in total. The van der Waals surface area contributed by atoms with Crippen LogP contribution in [0, 0.1) is 0 Å². The van der Waals surface area contributed by atoms with Gasteiger partial charge in [0.25, 0.3) is 0 Å². The van der Waals surface area contributed by atoms with Crippen LogP contribution < -0.4 is 5.32 Å². The molecule has 0 amide bonds. The van der Waals surface area contributed by atoms with E-state index in [0.717, 1.165) is 12.4 Å². The average molecular weight is 242 g/mol. The molecule has 16 heavy (non-hydrogen) atoms. The fourth-order valence-corrected chi connectivity index (χ4v) is 2.88. The molecule has 0 bridgehead atoms. The first kappa shape index (κ1) is 11.3. The number of nitrogens with one attached hydrogen (secondary N) is 1. The summed E-state index contributed by atoms with van der Waals surface area (Å²) in [4.78, 5) is 4.10. The van der Waals surface area contributed by atoms with E-state index in [0.29, 0.717) is 6.54 Å². The van der Waals surface area contributed by atoms with Gasteiger partial charge in [-0.2, -0.15) is 5.10 Å². The quantitative estimate of drug-likeness (QED) is 0.784. The van der Waals surface area contributed by atoms with Crippen molar-refractivity contribution in [2.45, 2.75) is 26.1 Å². The lowest BCUT2D eigenvalue weighted by atomic mass is 10.3. The lowest BCUT2D eigenvalue weighted by Crippen LogP contribution is -2.30. The van der Waals surface area contributed by atoms with E-state index < -0.39 is 9.84 Å². The van der Waals surface area contributed by atoms with Gasteiger partial charge in [-0.05, 0) is 6.92 Å². The highest BCUT2D eigenvalue weighted by atomic mass is 32.2. The number of hydrogen-bond acceptors (Lipinski definition) is 5. The number of hydrogen-bond donors (Lipinski definition) is 1. The predicted octanol–water partition coefficient (Wildman–Crippen LogP) is -0.302. The van der Waals surface area contributed by atoms with Crippen LogP contribution in [0.1, 0.15) is 12.7 Å². The topological polar surface area (TPSA) is 76.9 Å². The molecule has 1 aliphatic rings. The van der Waals surface area contributed by atoms with E-state index in [1.807, 2.05) is 6.92 Å². The monoisotopic (exact) mass is 242 g/mol. The van der Waals surface area contributed by atoms with Crippen molar-refractivity contribution in [3.05, 3.63) is 23.6 Å². The molecule has 7 heteroatoms. The zero-order valence-corrected chi connectivity index (χ0v) is 9.81. The van der Waals surface area contributed by atoms with E-state index in [4.69, 9.17) is 0 Å². The summed E-state index contributed by atoms with van der Waals surface area (Å²) < 4.78 is 24.1. The Kier molecular flexibility index (Phi) is 3.06. The number of sulfone groups is 1. The van der Waals surface area contributed by atoms with Crippen molar-refractivity contribution in [2.24, 2.45) is 0 Å². The minimum atomic E-state index is -2.99. The van der Waals surface area contributed by atoms with Crippen molar-refractivity contribution >= 4 is 9.84 Å². The van der Waals surface area contributed by atoms with E-state index >= 15 is 0 Å². The molecule has 1 aromatic heterocycles. The second-order valence-electron chi connectivity index (χ2n) is 3.64. The molecule has 0 aliphatic carbocycles. The van der Waals surface area contributed by atoms with Crippen molar-refractivity contribution in [2.75, 3.05) is 5.75 Å². The first-order chi connectivity index (χ1) is 7.61. The molecule has 0 spiro atoms. The largest absolute Gasteiger partial charge is 0.302 e. The molecular weight excluding hydrogens is 228 g/mol. The molecule has 0 fully saturated rings. The summed E-state index contributed by atoms with van der Waals surface area (Å²) in [5, 5.41) is 8.42. The maximum atomic E-state index is 11.2. The summed E-state index contributed by atoms with van der Waals surface area (Å²) in [6, 6.07) is -0.119. The first-order valence-electron chi connectivity index (χ1n) is 5.12. The highest BCUT2D eigenvalue weighted by Crippen LogP contribution is 2.08. The van der Waals surface area contributed by atoms with Gasteiger partial charge in [0.15, 0.2) is 9.84 Å². The molecule has 1 unspecified atom stereocenters. The zero-order chi connectivity index (χ0) is 11.6. The summed E-state index contributed by atoms with van der Waals surface area (Å²) in [7, 11) is -2.99. The van der Waals surface area contributed by atoms with Crippen LogP contribution in [0.25, 0.3) is 0 Å². The number of aryl methyl sites for hydroxylation is 1. The van der Waals surface area contributed by atoms with Gasteiger partial charge in [0.05, 0.1) is 12.3 Å². The summed E-state index contributed by atoms with van der Waals surface area (Å²) in [6.07, 6.45) is 3.17. The molecule has 1 N–H and O–H groups in total. The van der Waals surface area contributed by atoms with E-state index in [2.05, 4.69) is 15.4 Å². The molecular formula is C9H14N4O2S. The first-order valence-corrected chi connectivity index (χ1v) is 6.83. The zero-order valence-electron chi connectivity index (χ0n) is 9.00. The molecule has 0 radical (unpaired) electrons. The smallest absolute Gasteiger partial charge is 0.173 e. The van der Waals surface area contributed by atoms with Gasteiger partial charge < -0.3 is 5.32 Å². The predicted molar refractivity (Wildman–Crippen MR) is 59.3 cm³/mol. The van der Waals surface area contributed by atoms with Gasteiger partial charge in [0.1, 0.15) is 12.2 Å². The Morgan fingerprint density at radius 1 is 1.62 bits per heavy atom. The molecule has 2 heterocycles. The van der Waals surface area contributed by atoms with Gasteiger partial charge in [0.2, 0.25) is 0 Å². The molecule has 0 aromatic carbocycles. The third-order valence-corrected chi connectivity index (χ3v) is 3.84. The second kappa shape index (κ2) is 4.34. The highest BCUT2D eigenvalue weighted by Gasteiger charge is 2.21. The van der Waals surface area contributed by atoms with Crippen LogP contribution in [-0.4, -0.2) is 35.0 Å². The van der Waals surface area contributed by atoms with Crippen LogP contribution in [-0.2, 0) is 22.9 Å². The summed E-state index contributed by atoms with van der Waals surface area (Å²) >= 11 is 0. The van der Waals surface area contributed by atoms with Gasteiger partial charge >= 0.3 is 0 Å². The van der Waals surface area contributed by atoms with Crippen molar-refractivity contribution in [3.63, 3.8) is 0 Å². The van der Waals surface area contributed by atoms with Crippen LogP contribution >= 0.6 is 0 Å². The Bertz CT molecular complexity index is 491. The van der Waals surface area contributed by atoms with Gasteiger partial charge in [-0.15, -0.1) is 0 Å². The van der Waals surface area contributed by atoms with Crippen LogP contribution in [0.2, 0.25) is 0 Å². The van der Waals surface area contributed by atoms with Gasteiger partial charge in [-0.1, -0.05) is 6.08 Å². The molecule has 1 aliphatic heterocycles. The third kappa shape index (κ3) is 2.48. The van der Waals surface area contributed by atoms with E-state index in [9.17, 15) is 8.42 Å². The normalized spacial score (nSPS) is 22.7. The maximum absolute atomic E-state index is 11.2. The SMILES string of the molecule is CCn1ncnc1CNC1C=CS(=O)(=O)C1. The average Bonchev–Trinajstić information content (AvgIpc) is 2.81. The second-order valence-corrected chi connectivity index (χ2v) is 5.57. The minimum absolute atomic E-state index is 0.119. The molecule has 2 rings (SSSR count). The molecule has 1 aromatic rings. The summed E-state index contributed by atoms with van der Waals surface area (Å²) in [5.41, 5.74) is 0. The molecule has 1 atom stereocenters. The molecule has 0 saturated heterocycles. The Morgan fingerprint density at radius 3 is 3.06 bits per heavy atom. The summed E-state index contributed by atoms with van der Waals surface area (Å²) in [5.74, 6) is 0.952. The lowest BCUT2D eigenvalue weighted by Gasteiger charge is -2.09. The molecule has 88 valence electrons. The Balaban J connectivity index is 1.92. The van der Waals surface area contributed by atoms with E-state index in [1.54, 1.807) is 10.8 Å². The number of rotatable bonds is 4. The van der Waals surface area contributed by atoms with Gasteiger partial charge in [-0.3, -0.25) is 0 Å². The van der Waals surface area contributed by atoms with Crippen molar-refractivity contribution in [3.8, 4) is 0 Å². The number of aromatic nitrogens is 3. The van der Waals surface area contributed by atoms with Crippen LogP contribution in [0.5, 0.6) is 0 Å². The van der Waals surface area contributed by atoms with Crippen LogP contribution in [0.15, 0.2) is 17.8 Å². The van der Waals surface area contributed by atoms with E-state index in [1.165, 1.54) is 11.7 Å².